The van der Waals surface area contributed by atoms with Crippen LogP contribution in [0.15, 0.2) is 15.8 Å². The molecule has 0 bridgehead atoms. The van der Waals surface area contributed by atoms with Crippen molar-refractivity contribution in [1.29, 1.82) is 0 Å². The van der Waals surface area contributed by atoms with Crippen LogP contribution in [-0.2, 0) is 0 Å². The van der Waals surface area contributed by atoms with E-state index in [0.717, 1.165) is 19.2 Å². The monoisotopic (exact) mass is 224 g/mol. The van der Waals surface area contributed by atoms with Gasteiger partial charge in [-0.3, -0.25) is 14.6 Å². The summed E-state index contributed by atoms with van der Waals surface area (Å²) in [4.78, 5) is 38.0. The molecular weight excluding hydrogens is 212 g/mol. The second kappa shape index (κ2) is 4.31. The average Bonchev–Trinajstić information content (AvgIpc) is 2.70. The predicted octanol–water partition coefficient (Wildman–Crippen LogP) is -1.85. The zero-order valence-electron chi connectivity index (χ0n) is 8.50. The molecule has 0 spiro atoms. The van der Waals surface area contributed by atoms with E-state index in [1.807, 2.05) is 4.98 Å². The van der Waals surface area contributed by atoms with Crippen molar-refractivity contribution in [1.82, 2.24) is 20.6 Å². The number of hydrogen-bond acceptors (Lipinski definition) is 4. The molecule has 2 rings (SSSR count). The number of H-pyrrole nitrogens is 2. The molecule has 1 aliphatic heterocycles. The van der Waals surface area contributed by atoms with E-state index in [4.69, 9.17) is 0 Å². The molecule has 7 heteroatoms. The average molecular weight is 224 g/mol. The number of rotatable bonds is 2. The highest BCUT2D eigenvalue weighted by Gasteiger charge is 2.19. The van der Waals surface area contributed by atoms with Gasteiger partial charge in [0, 0.05) is 18.8 Å². The van der Waals surface area contributed by atoms with Crippen LogP contribution in [-0.4, -0.2) is 35.0 Å². The molecule has 0 saturated carbocycles. The van der Waals surface area contributed by atoms with Gasteiger partial charge in [0.25, 0.3) is 11.5 Å². The zero-order chi connectivity index (χ0) is 11.5. The van der Waals surface area contributed by atoms with Gasteiger partial charge in [0.05, 0.1) is 0 Å². The second-order valence-electron chi connectivity index (χ2n) is 3.65. The smallest absolute Gasteiger partial charge is 0.325 e. The van der Waals surface area contributed by atoms with Gasteiger partial charge >= 0.3 is 5.69 Å². The Labute approximate surface area is 90.3 Å². The quantitative estimate of drug-likeness (QED) is 0.473. The molecule has 1 aromatic rings. The Morgan fingerprint density at radius 1 is 1.44 bits per heavy atom. The van der Waals surface area contributed by atoms with E-state index in [1.165, 1.54) is 0 Å². The summed E-state index contributed by atoms with van der Waals surface area (Å²) in [6, 6.07) is 0.0406. The van der Waals surface area contributed by atoms with Crippen molar-refractivity contribution in [3.63, 3.8) is 0 Å². The van der Waals surface area contributed by atoms with Crippen LogP contribution in [0.1, 0.15) is 16.8 Å². The molecular formula is C9H12N4O3. The minimum atomic E-state index is -0.674. The topological polar surface area (TPSA) is 107 Å². The van der Waals surface area contributed by atoms with Crippen LogP contribution in [0.5, 0.6) is 0 Å². The molecule has 2 heterocycles. The number of aromatic amines is 2. The molecule has 86 valence electrons. The van der Waals surface area contributed by atoms with Crippen LogP contribution in [0.25, 0.3) is 0 Å². The molecule has 0 aromatic carbocycles. The maximum Gasteiger partial charge on any atom is 0.325 e. The number of nitrogens with one attached hydrogen (secondary N) is 4. The van der Waals surface area contributed by atoms with Crippen LogP contribution in [0.4, 0.5) is 0 Å². The third kappa shape index (κ3) is 2.19. The van der Waals surface area contributed by atoms with Gasteiger partial charge in [0.1, 0.15) is 5.56 Å². The molecule has 7 nitrogen and oxygen atoms in total. The van der Waals surface area contributed by atoms with Crippen LogP contribution in [0.3, 0.4) is 0 Å². The van der Waals surface area contributed by atoms with Crippen molar-refractivity contribution in [3.8, 4) is 0 Å². The lowest BCUT2D eigenvalue weighted by Gasteiger charge is -2.10. The summed E-state index contributed by atoms with van der Waals surface area (Å²) in [5.41, 5.74) is -1.37. The third-order valence-corrected chi connectivity index (χ3v) is 2.46. The first-order valence-electron chi connectivity index (χ1n) is 5.00. The van der Waals surface area contributed by atoms with Gasteiger partial charge in [-0.05, 0) is 13.0 Å². The Hall–Kier alpha value is -1.89. The maximum atomic E-state index is 11.7. The van der Waals surface area contributed by atoms with Gasteiger partial charge in [0.2, 0.25) is 0 Å². The summed E-state index contributed by atoms with van der Waals surface area (Å²) >= 11 is 0. The Balaban J connectivity index is 2.14. The van der Waals surface area contributed by atoms with E-state index >= 15 is 0 Å². The second-order valence-corrected chi connectivity index (χ2v) is 3.65. The van der Waals surface area contributed by atoms with Crippen molar-refractivity contribution < 1.29 is 4.79 Å². The molecule has 4 N–H and O–H groups in total. The van der Waals surface area contributed by atoms with Crippen LogP contribution in [0, 0.1) is 0 Å². The van der Waals surface area contributed by atoms with Crippen molar-refractivity contribution in [2.75, 3.05) is 13.1 Å². The summed E-state index contributed by atoms with van der Waals surface area (Å²) in [6.07, 6.45) is 1.96. The van der Waals surface area contributed by atoms with Crippen LogP contribution < -0.4 is 21.9 Å². The molecule has 1 aliphatic rings. The lowest BCUT2D eigenvalue weighted by molar-refractivity contribution is 0.0938. The standard InChI is InChI=1S/C9H12N4O3/c14-7(12-5-1-2-10-3-5)6-4-11-9(16)13-8(6)15/h4-5,10H,1-3H2,(H,12,14)(H2,11,13,15,16). The van der Waals surface area contributed by atoms with Gasteiger partial charge in [-0.1, -0.05) is 0 Å². The lowest BCUT2D eigenvalue weighted by atomic mass is 10.2. The summed E-state index contributed by atoms with van der Waals surface area (Å²) in [6.45, 7) is 1.56. The normalized spacial score (nSPS) is 19.6. The molecule has 0 aliphatic carbocycles. The van der Waals surface area contributed by atoms with E-state index in [9.17, 15) is 14.4 Å². The largest absolute Gasteiger partial charge is 0.348 e. The molecule has 16 heavy (non-hydrogen) atoms. The fourth-order valence-electron chi connectivity index (χ4n) is 1.62. The number of hydrogen-bond donors (Lipinski definition) is 4. The van der Waals surface area contributed by atoms with Gasteiger partial charge in [-0.25, -0.2) is 4.79 Å². The van der Waals surface area contributed by atoms with E-state index in [-0.39, 0.29) is 11.6 Å². The molecule has 1 amide bonds. The van der Waals surface area contributed by atoms with Gasteiger partial charge < -0.3 is 15.6 Å². The van der Waals surface area contributed by atoms with E-state index in [1.54, 1.807) is 0 Å². The number of aromatic nitrogens is 2. The number of carbonyl (C=O) groups is 1. The summed E-state index contributed by atoms with van der Waals surface area (Å²) in [5.74, 6) is -0.466. The Kier molecular flexibility index (Phi) is 2.86. The van der Waals surface area contributed by atoms with Crippen molar-refractivity contribution in [2.24, 2.45) is 0 Å². The Morgan fingerprint density at radius 2 is 2.25 bits per heavy atom. The van der Waals surface area contributed by atoms with E-state index < -0.39 is 17.2 Å². The maximum absolute atomic E-state index is 11.7. The molecule has 1 saturated heterocycles. The first kappa shape index (κ1) is 10.6. The van der Waals surface area contributed by atoms with E-state index in [2.05, 4.69) is 15.6 Å². The summed E-state index contributed by atoms with van der Waals surface area (Å²) < 4.78 is 0. The molecule has 1 unspecified atom stereocenters. The fourth-order valence-corrected chi connectivity index (χ4v) is 1.62. The Bertz CT molecular complexity index is 498. The number of carbonyl (C=O) groups excluding carboxylic acids is 1. The van der Waals surface area contributed by atoms with Crippen molar-refractivity contribution in [3.05, 3.63) is 32.6 Å². The molecule has 1 fully saturated rings. The predicted molar refractivity (Wildman–Crippen MR) is 56.4 cm³/mol. The van der Waals surface area contributed by atoms with Crippen LogP contribution >= 0.6 is 0 Å². The van der Waals surface area contributed by atoms with Gasteiger partial charge in [0.15, 0.2) is 0 Å². The highest BCUT2D eigenvalue weighted by molar-refractivity contribution is 5.93. The van der Waals surface area contributed by atoms with Crippen molar-refractivity contribution >= 4 is 5.91 Å². The SMILES string of the molecule is O=C(NC1CCNC1)c1c[nH]c(=O)[nH]c1=O. The molecule has 1 aromatic heterocycles. The summed E-state index contributed by atoms with van der Waals surface area (Å²) in [7, 11) is 0. The fraction of sp³-hybridized carbons (Fsp3) is 0.444. The minimum absolute atomic E-state index is 0.0406. The van der Waals surface area contributed by atoms with E-state index in [0.29, 0.717) is 6.54 Å². The summed E-state index contributed by atoms with van der Waals surface area (Å²) in [5, 5.41) is 5.81. The highest BCUT2D eigenvalue weighted by atomic mass is 16.2. The third-order valence-electron chi connectivity index (χ3n) is 2.46. The Morgan fingerprint density at radius 3 is 2.88 bits per heavy atom. The first-order chi connectivity index (χ1) is 7.66. The van der Waals surface area contributed by atoms with Crippen molar-refractivity contribution in [2.45, 2.75) is 12.5 Å². The lowest BCUT2D eigenvalue weighted by Crippen LogP contribution is -2.40. The van der Waals surface area contributed by atoms with Gasteiger partial charge in [-0.15, -0.1) is 0 Å². The first-order valence-corrected chi connectivity index (χ1v) is 5.00. The molecule has 1 atom stereocenters. The minimum Gasteiger partial charge on any atom is -0.348 e. The highest BCUT2D eigenvalue weighted by Crippen LogP contribution is 1.98. The zero-order valence-corrected chi connectivity index (χ0v) is 8.50. The van der Waals surface area contributed by atoms with Crippen LogP contribution in [0.2, 0.25) is 0 Å². The van der Waals surface area contributed by atoms with Gasteiger partial charge in [-0.2, -0.15) is 0 Å². The molecule has 0 radical (unpaired) electrons. The number of amides is 1.